The van der Waals surface area contributed by atoms with Crippen molar-refractivity contribution in [1.29, 1.82) is 0 Å². The van der Waals surface area contributed by atoms with E-state index < -0.39 is 6.10 Å². The summed E-state index contributed by atoms with van der Waals surface area (Å²) in [6, 6.07) is 9.54. The molecule has 3 rings (SSSR count). The monoisotopic (exact) mass is 268 g/mol. The third kappa shape index (κ3) is 2.84. The third-order valence-electron chi connectivity index (χ3n) is 3.15. The molecule has 0 aliphatic heterocycles. The van der Waals surface area contributed by atoms with Crippen LogP contribution in [0.4, 0.5) is 0 Å². The Morgan fingerprint density at radius 1 is 1.20 bits per heavy atom. The topological polar surface area (TPSA) is 62.5 Å². The molecule has 1 atom stereocenters. The molecule has 0 aliphatic rings. The molecule has 0 amide bonds. The molecule has 20 heavy (non-hydrogen) atoms. The van der Waals surface area contributed by atoms with Crippen molar-refractivity contribution in [2.75, 3.05) is 6.54 Å². The highest BCUT2D eigenvalue weighted by Gasteiger charge is 2.07. The van der Waals surface area contributed by atoms with E-state index in [1.165, 1.54) is 0 Å². The van der Waals surface area contributed by atoms with Crippen LogP contribution in [0.1, 0.15) is 17.4 Å². The average molecular weight is 268 g/mol. The van der Waals surface area contributed by atoms with E-state index >= 15 is 0 Å². The molecule has 3 heterocycles. The lowest BCUT2D eigenvalue weighted by Gasteiger charge is -2.10. The minimum atomic E-state index is -0.532. The van der Waals surface area contributed by atoms with Crippen LogP contribution in [0.15, 0.2) is 55.1 Å². The van der Waals surface area contributed by atoms with Crippen molar-refractivity contribution >= 4 is 5.65 Å². The van der Waals surface area contributed by atoms with Gasteiger partial charge < -0.3 is 14.8 Å². The second kappa shape index (κ2) is 5.81. The zero-order valence-electron chi connectivity index (χ0n) is 11.0. The molecule has 0 aromatic carbocycles. The number of nitrogens with one attached hydrogen (secondary N) is 1. The minimum Gasteiger partial charge on any atom is -0.387 e. The van der Waals surface area contributed by atoms with Crippen molar-refractivity contribution in [3.63, 3.8) is 0 Å². The summed E-state index contributed by atoms with van der Waals surface area (Å²) in [6.45, 7) is 1.11. The minimum absolute atomic E-state index is 0.484. The number of pyridine rings is 2. The summed E-state index contributed by atoms with van der Waals surface area (Å²) in [4.78, 5) is 8.43. The highest BCUT2D eigenvalue weighted by atomic mass is 16.3. The largest absolute Gasteiger partial charge is 0.387 e. The van der Waals surface area contributed by atoms with Gasteiger partial charge in [0.05, 0.1) is 11.8 Å². The van der Waals surface area contributed by atoms with Crippen LogP contribution in [0.2, 0.25) is 0 Å². The Morgan fingerprint density at radius 2 is 2.05 bits per heavy atom. The van der Waals surface area contributed by atoms with Gasteiger partial charge in [-0.1, -0.05) is 6.07 Å². The molecule has 5 nitrogen and oxygen atoms in total. The molecule has 5 heteroatoms. The van der Waals surface area contributed by atoms with Gasteiger partial charge in [-0.15, -0.1) is 0 Å². The quantitative estimate of drug-likeness (QED) is 0.737. The van der Waals surface area contributed by atoms with Gasteiger partial charge in [0, 0.05) is 37.9 Å². The van der Waals surface area contributed by atoms with E-state index in [0.717, 1.165) is 16.9 Å². The molecule has 0 bridgehead atoms. The molecule has 0 radical (unpaired) electrons. The summed E-state index contributed by atoms with van der Waals surface area (Å²) < 4.78 is 1.98. The predicted molar refractivity (Wildman–Crippen MR) is 76.1 cm³/mol. The summed E-state index contributed by atoms with van der Waals surface area (Å²) in [6.07, 6.45) is 6.79. The van der Waals surface area contributed by atoms with Gasteiger partial charge in [-0.3, -0.25) is 4.98 Å². The number of aliphatic hydroxyl groups excluding tert-OH is 1. The Labute approximate surface area is 116 Å². The molecule has 0 saturated carbocycles. The van der Waals surface area contributed by atoms with Crippen molar-refractivity contribution in [3.05, 3.63) is 66.4 Å². The summed E-state index contributed by atoms with van der Waals surface area (Å²) in [5.74, 6) is 0. The fourth-order valence-electron chi connectivity index (χ4n) is 2.11. The lowest BCUT2D eigenvalue weighted by Crippen LogP contribution is -2.21. The van der Waals surface area contributed by atoms with Gasteiger partial charge >= 0.3 is 0 Å². The highest BCUT2D eigenvalue weighted by Crippen LogP contribution is 2.10. The maximum absolute atomic E-state index is 10.0. The van der Waals surface area contributed by atoms with Gasteiger partial charge in [0.25, 0.3) is 0 Å². The van der Waals surface area contributed by atoms with Crippen LogP contribution in [-0.2, 0) is 6.54 Å². The molecule has 2 N–H and O–H groups in total. The normalized spacial score (nSPS) is 12.7. The first-order valence-corrected chi connectivity index (χ1v) is 6.54. The van der Waals surface area contributed by atoms with Gasteiger partial charge in [0.1, 0.15) is 5.65 Å². The number of nitrogens with zero attached hydrogens (tertiary/aromatic N) is 3. The first-order valence-electron chi connectivity index (χ1n) is 6.54. The van der Waals surface area contributed by atoms with Crippen molar-refractivity contribution in [1.82, 2.24) is 19.7 Å². The summed E-state index contributed by atoms with van der Waals surface area (Å²) >= 11 is 0. The molecule has 3 aromatic rings. The van der Waals surface area contributed by atoms with E-state index in [9.17, 15) is 5.11 Å². The second-order valence-corrected chi connectivity index (χ2v) is 4.63. The molecular formula is C15H16N4O. The Hall–Kier alpha value is -2.24. The summed E-state index contributed by atoms with van der Waals surface area (Å²) in [5.41, 5.74) is 2.75. The standard InChI is InChI=1S/C15H16N4O/c20-14(12-4-6-16-7-5-12)10-17-9-13-11-19-8-2-1-3-15(19)18-13/h1-8,11,14,17,20H,9-10H2. The highest BCUT2D eigenvalue weighted by molar-refractivity contribution is 5.39. The summed E-state index contributed by atoms with van der Waals surface area (Å²) in [7, 11) is 0. The van der Waals surface area contributed by atoms with Gasteiger partial charge in [0.15, 0.2) is 0 Å². The fraction of sp³-hybridized carbons (Fsp3) is 0.200. The van der Waals surface area contributed by atoms with Crippen molar-refractivity contribution < 1.29 is 5.11 Å². The van der Waals surface area contributed by atoms with Crippen LogP contribution in [0, 0.1) is 0 Å². The van der Waals surface area contributed by atoms with E-state index in [-0.39, 0.29) is 0 Å². The SMILES string of the molecule is OC(CNCc1cn2ccccc2n1)c1ccncc1. The second-order valence-electron chi connectivity index (χ2n) is 4.63. The number of aliphatic hydroxyl groups is 1. The molecule has 0 aliphatic carbocycles. The van der Waals surface area contributed by atoms with E-state index in [1.807, 2.05) is 47.1 Å². The smallest absolute Gasteiger partial charge is 0.137 e. The molecule has 0 saturated heterocycles. The van der Waals surface area contributed by atoms with Crippen LogP contribution >= 0.6 is 0 Å². The van der Waals surface area contributed by atoms with Crippen LogP contribution in [-0.4, -0.2) is 26.0 Å². The molecule has 102 valence electrons. The zero-order chi connectivity index (χ0) is 13.8. The number of rotatable bonds is 5. The van der Waals surface area contributed by atoms with Crippen molar-refractivity contribution in [2.45, 2.75) is 12.6 Å². The lowest BCUT2D eigenvalue weighted by atomic mass is 10.1. The molecule has 3 aromatic heterocycles. The number of aromatic nitrogens is 3. The maximum Gasteiger partial charge on any atom is 0.137 e. The van der Waals surface area contributed by atoms with Gasteiger partial charge in [0.2, 0.25) is 0 Å². The van der Waals surface area contributed by atoms with Crippen LogP contribution in [0.25, 0.3) is 5.65 Å². The Bertz CT molecular complexity index is 647. The van der Waals surface area contributed by atoms with Crippen molar-refractivity contribution in [3.8, 4) is 0 Å². The number of hydrogen-bond acceptors (Lipinski definition) is 4. The third-order valence-corrected chi connectivity index (χ3v) is 3.15. The van der Waals surface area contributed by atoms with Crippen LogP contribution in [0.5, 0.6) is 0 Å². The Kier molecular flexibility index (Phi) is 3.71. The van der Waals surface area contributed by atoms with Gasteiger partial charge in [-0.25, -0.2) is 4.98 Å². The van der Waals surface area contributed by atoms with Gasteiger partial charge in [-0.05, 0) is 29.8 Å². The number of hydrogen-bond donors (Lipinski definition) is 2. The first kappa shape index (κ1) is 12.8. The van der Waals surface area contributed by atoms with E-state index in [4.69, 9.17) is 0 Å². The van der Waals surface area contributed by atoms with E-state index in [0.29, 0.717) is 13.1 Å². The van der Waals surface area contributed by atoms with Crippen LogP contribution < -0.4 is 5.32 Å². The molecule has 0 fully saturated rings. The molecular weight excluding hydrogens is 252 g/mol. The Morgan fingerprint density at radius 3 is 2.85 bits per heavy atom. The van der Waals surface area contributed by atoms with Crippen LogP contribution in [0.3, 0.4) is 0 Å². The first-order chi connectivity index (χ1) is 9.83. The molecule has 0 spiro atoms. The fourth-order valence-corrected chi connectivity index (χ4v) is 2.11. The molecule has 1 unspecified atom stereocenters. The zero-order valence-corrected chi connectivity index (χ0v) is 11.0. The Balaban J connectivity index is 1.57. The summed E-state index contributed by atoms with van der Waals surface area (Å²) in [5, 5.41) is 13.2. The predicted octanol–water partition coefficient (Wildman–Crippen LogP) is 1.55. The van der Waals surface area contributed by atoms with E-state index in [1.54, 1.807) is 12.4 Å². The van der Waals surface area contributed by atoms with E-state index in [2.05, 4.69) is 15.3 Å². The lowest BCUT2D eigenvalue weighted by molar-refractivity contribution is 0.174. The number of fused-ring (bicyclic) bond motifs is 1. The van der Waals surface area contributed by atoms with Gasteiger partial charge in [-0.2, -0.15) is 0 Å². The maximum atomic E-state index is 10.0. The average Bonchev–Trinajstić information content (AvgIpc) is 2.90. The number of imidazole rings is 1. The van der Waals surface area contributed by atoms with Crippen molar-refractivity contribution in [2.24, 2.45) is 0 Å².